The van der Waals surface area contributed by atoms with E-state index in [4.69, 9.17) is 11.6 Å². The highest BCUT2D eigenvalue weighted by molar-refractivity contribution is 7.89. The molecule has 1 aromatic heterocycles. The van der Waals surface area contributed by atoms with Crippen molar-refractivity contribution in [3.8, 4) is 0 Å². The minimum atomic E-state index is -3.84. The van der Waals surface area contributed by atoms with Crippen molar-refractivity contribution in [1.82, 2.24) is 19.2 Å². The number of alkyl halides is 2. The molecule has 0 saturated carbocycles. The predicted octanol–water partition coefficient (Wildman–Crippen LogP) is 1.91. The summed E-state index contributed by atoms with van der Waals surface area (Å²) in [5, 5.41) is 2.88. The molecule has 0 aliphatic heterocycles. The number of carbonyl (C=O) groups is 1. The van der Waals surface area contributed by atoms with Crippen LogP contribution in [0.15, 0.2) is 41.6 Å². The van der Waals surface area contributed by atoms with E-state index in [0.29, 0.717) is 9.59 Å². The number of carbonyl (C=O) groups excluding carboxylic acids is 1. The molecule has 1 aromatic carbocycles. The second kappa shape index (κ2) is 8.56. The molecular weight excluding hydrogens is 390 g/mol. The van der Waals surface area contributed by atoms with Gasteiger partial charge in [0.25, 0.3) is 0 Å². The lowest BCUT2D eigenvalue weighted by molar-refractivity contribution is -0.121. The number of hydrogen-bond donors (Lipinski definition) is 1. The maximum absolute atomic E-state index is 12.7. The Balaban J connectivity index is 1.88. The van der Waals surface area contributed by atoms with Gasteiger partial charge in [0.2, 0.25) is 15.9 Å². The fourth-order valence-corrected chi connectivity index (χ4v) is 3.41. The Labute approximate surface area is 154 Å². The van der Waals surface area contributed by atoms with Gasteiger partial charge in [-0.2, -0.15) is 13.1 Å². The van der Waals surface area contributed by atoms with Crippen molar-refractivity contribution in [2.24, 2.45) is 0 Å². The summed E-state index contributed by atoms with van der Waals surface area (Å²) in [6.45, 7) is -3.06. The molecule has 0 saturated heterocycles. The van der Waals surface area contributed by atoms with Gasteiger partial charge in [-0.15, -0.1) is 0 Å². The summed E-state index contributed by atoms with van der Waals surface area (Å²) in [6.07, 6.45) is 2.49. The summed E-state index contributed by atoms with van der Waals surface area (Å²) in [5.41, 5.74) is 0. The lowest BCUT2D eigenvalue weighted by Gasteiger charge is -2.17. The van der Waals surface area contributed by atoms with E-state index in [0.717, 1.165) is 10.5 Å². The molecule has 26 heavy (non-hydrogen) atoms. The van der Waals surface area contributed by atoms with Crippen molar-refractivity contribution in [2.75, 3.05) is 20.1 Å². The zero-order chi connectivity index (χ0) is 19.3. The van der Waals surface area contributed by atoms with Gasteiger partial charge in [-0.25, -0.2) is 13.4 Å². The molecule has 0 spiro atoms. The van der Waals surface area contributed by atoms with Crippen molar-refractivity contribution >= 4 is 27.5 Å². The van der Waals surface area contributed by atoms with Gasteiger partial charge in [-0.1, -0.05) is 11.6 Å². The highest BCUT2D eigenvalue weighted by atomic mass is 35.5. The Hall–Kier alpha value is -2.04. The van der Waals surface area contributed by atoms with Crippen LogP contribution >= 0.6 is 11.6 Å². The van der Waals surface area contributed by atoms with Crippen LogP contribution < -0.4 is 5.32 Å². The summed E-state index contributed by atoms with van der Waals surface area (Å²) in [4.78, 5) is 15.7. The third kappa shape index (κ3) is 4.99. The van der Waals surface area contributed by atoms with E-state index in [-0.39, 0.29) is 23.7 Å². The van der Waals surface area contributed by atoms with Crippen molar-refractivity contribution in [1.29, 1.82) is 0 Å². The third-order valence-corrected chi connectivity index (χ3v) is 5.59. The van der Waals surface area contributed by atoms with Crippen molar-refractivity contribution in [3.63, 3.8) is 0 Å². The quantitative estimate of drug-likeness (QED) is 0.725. The number of amides is 1. The number of nitrogens with one attached hydrogen (secondary N) is 1. The molecule has 0 aliphatic carbocycles. The molecule has 0 radical (unpaired) electrons. The van der Waals surface area contributed by atoms with E-state index in [9.17, 15) is 22.0 Å². The smallest absolute Gasteiger partial charge is 0.319 e. The molecule has 7 nitrogen and oxygen atoms in total. The number of likely N-dealkylation sites (N-methyl/N-ethyl adjacent to an activating group) is 1. The van der Waals surface area contributed by atoms with Crippen molar-refractivity contribution < 1.29 is 22.0 Å². The molecule has 0 atom stereocenters. The van der Waals surface area contributed by atoms with Crippen LogP contribution in [0.5, 0.6) is 0 Å². The monoisotopic (exact) mass is 406 g/mol. The van der Waals surface area contributed by atoms with Crippen LogP contribution in [0.1, 0.15) is 12.4 Å². The molecule has 0 bridgehead atoms. The van der Waals surface area contributed by atoms with Gasteiger partial charge in [-0.05, 0) is 24.3 Å². The molecule has 0 fully saturated rings. The first-order valence-corrected chi connectivity index (χ1v) is 9.32. The Morgan fingerprint density at radius 2 is 2.00 bits per heavy atom. The Kier molecular flexibility index (Phi) is 6.68. The topological polar surface area (TPSA) is 84.3 Å². The Morgan fingerprint density at radius 3 is 2.62 bits per heavy atom. The summed E-state index contributed by atoms with van der Waals surface area (Å²) < 4.78 is 51.7. The molecular formula is C15H17ClF2N4O3S. The van der Waals surface area contributed by atoms with Crippen molar-refractivity contribution in [2.45, 2.75) is 17.9 Å². The van der Waals surface area contributed by atoms with Crippen LogP contribution in [-0.4, -0.2) is 48.3 Å². The molecule has 11 heteroatoms. The van der Waals surface area contributed by atoms with Crippen molar-refractivity contribution in [3.05, 3.63) is 47.5 Å². The lowest BCUT2D eigenvalue weighted by atomic mass is 10.4. The van der Waals surface area contributed by atoms with E-state index in [1.54, 1.807) is 0 Å². The standard InChI is InChI=1S/C15H17ClF2N4O3S/c1-21(26(24,25)12-4-2-11(16)3-5-12)10-14(23)20-7-6-13-19-8-9-22(13)15(17)18/h2-5,8-9,15H,6-7,10H2,1H3,(H,20,23). The van der Waals surface area contributed by atoms with E-state index >= 15 is 0 Å². The fourth-order valence-electron chi connectivity index (χ4n) is 2.16. The summed E-state index contributed by atoms with van der Waals surface area (Å²) >= 11 is 5.73. The van der Waals surface area contributed by atoms with E-state index in [1.807, 2.05) is 0 Å². The summed E-state index contributed by atoms with van der Waals surface area (Å²) in [7, 11) is -2.57. The van der Waals surface area contributed by atoms with E-state index < -0.39 is 29.0 Å². The van der Waals surface area contributed by atoms with E-state index in [2.05, 4.69) is 10.3 Å². The van der Waals surface area contributed by atoms with Crippen LogP contribution in [0, 0.1) is 0 Å². The fraction of sp³-hybridized carbons (Fsp3) is 0.333. The molecule has 1 heterocycles. The van der Waals surface area contributed by atoms with Gasteiger partial charge in [-0.3, -0.25) is 9.36 Å². The number of nitrogens with zero attached hydrogens (tertiary/aromatic N) is 3. The van der Waals surface area contributed by atoms with Crippen LogP contribution in [0.3, 0.4) is 0 Å². The number of hydrogen-bond acceptors (Lipinski definition) is 4. The first kappa shape index (κ1) is 20.3. The van der Waals surface area contributed by atoms with Crippen LogP contribution in [-0.2, 0) is 21.2 Å². The Morgan fingerprint density at radius 1 is 1.35 bits per heavy atom. The number of halogens is 3. The molecule has 1 amide bonds. The molecule has 142 valence electrons. The predicted molar refractivity (Wildman–Crippen MR) is 91.5 cm³/mol. The zero-order valence-electron chi connectivity index (χ0n) is 13.8. The number of benzene rings is 1. The Bertz CT molecular complexity index is 856. The zero-order valence-corrected chi connectivity index (χ0v) is 15.3. The van der Waals surface area contributed by atoms with Gasteiger partial charge in [0.15, 0.2) is 0 Å². The first-order chi connectivity index (χ1) is 12.2. The van der Waals surface area contributed by atoms with Crippen LogP contribution in [0.2, 0.25) is 5.02 Å². The maximum Gasteiger partial charge on any atom is 0.319 e. The maximum atomic E-state index is 12.7. The highest BCUT2D eigenvalue weighted by Gasteiger charge is 2.22. The second-order valence-corrected chi connectivity index (χ2v) is 7.82. The molecule has 2 rings (SSSR count). The second-order valence-electron chi connectivity index (χ2n) is 5.34. The number of imidazole rings is 1. The van der Waals surface area contributed by atoms with Crippen LogP contribution in [0.4, 0.5) is 8.78 Å². The largest absolute Gasteiger partial charge is 0.355 e. The SMILES string of the molecule is CN(CC(=O)NCCc1nccn1C(F)F)S(=O)(=O)c1ccc(Cl)cc1. The minimum Gasteiger partial charge on any atom is -0.355 e. The average Bonchev–Trinajstić information content (AvgIpc) is 3.04. The van der Waals surface area contributed by atoms with Gasteiger partial charge in [0.1, 0.15) is 5.82 Å². The van der Waals surface area contributed by atoms with Gasteiger partial charge < -0.3 is 5.32 Å². The van der Waals surface area contributed by atoms with Crippen LogP contribution in [0.25, 0.3) is 0 Å². The summed E-state index contributed by atoms with van der Waals surface area (Å²) in [5.74, 6) is -0.428. The van der Waals surface area contributed by atoms with E-state index in [1.165, 1.54) is 37.5 Å². The first-order valence-electron chi connectivity index (χ1n) is 7.50. The lowest BCUT2D eigenvalue weighted by Crippen LogP contribution is -2.39. The minimum absolute atomic E-state index is 0.0103. The molecule has 1 N–H and O–H groups in total. The van der Waals surface area contributed by atoms with Gasteiger partial charge in [0, 0.05) is 37.4 Å². The molecule has 0 unspecified atom stereocenters. The third-order valence-electron chi connectivity index (χ3n) is 3.52. The molecule has 2 aromatic rings. The number of sulfonamides is 1. The van der Waals surface area contributed by atoms with Gasteiger partial charge >= 0.3 is 6.55 Å². The highest BCUT2D eigenvalue weighted by Crippen LogP contribution is 2.17. The number of aromatic nitrogens is 2. The average molecular weight is 407 g/mol. The number of rotatable bonds is 8. The normalized spacial score (nSPS) is 11.9. The summed E-state index contributed by atoms with van der Waals surface area (Å²) in [6, 6.07) is 5.56. The van der Waals surface area contributed by atoms with Gasteiger partial charge in [0.05, 0.1) is 11.4 Å². The molecule has 0 aliphatic rings.